The highest BCUT2D eigenvalue weighted by Gasteiger charge is 2.42. The summed E-state index contributed by atoms with van der Waals surface area (Å²) < 4.78 is 29.3. The van der Waals surface area contributed by atoms with Crippen LogP contribution in [0.25, 0.3) is 11.5 Å². The van der Waals surface area contributed by atoms with Crippen LogP contribution in [0.15, 0.2) is 27.8 Å². The standard InChI is InChI=1S/C19H23N3O4S2/c1-12-7-13(2)9-14(8-12)18-20-21-19(26-18)27-10-17(23)22(15-3-4-15)16-5-6-28(24,25)11-16/h7-9,15-16H,3-6,10-11H2,1-2H3/t16-/m0/s1. The summed E-state index contributed by atoms with van der Waals surface area (Å²) in [6.07, 6.45) is 2.43. The van der Waals surface area contributed by atoms with Crippen molar-refractivity contribution >= 4 is 27.5 Å². The molecule has 9 heteroatoms. The van der Waals surface area contributed by atoms with E-state index in [1.165, 1.54) is 11.8 Å². The van der Waals surface area contributed by atoms with E-state index in [2.05, 4.69) is 16.3 Å². The molecule has 1 aromatic carbocycles. The largest absolute Gasteiger partial charge is 0.411 e. The molecule has 1 amide bonds. The zero-order chi connectivity index (χ0) is 19.9. The fourth-order valence-corrected chi connectivity index (χ4v) is 6.08. The van der Waals surface area contributed by atoms with Crippen molar-refractivity contribution in [2.45, 2.75) is 50.4 Å². The van der Waals surface area contributed by atoms with Gasteiger partial charge in [-0.15, -0.1) is 10.2 Å². The van der Waals surface area contributed by atoms with E-state index in [1.54, 1.807) is 4.90 Å². The van der Waals surface area contributed by atoms with Crippen molar-refractivity contribution in [1.29, 1.82) is 0 Å². The Kier molecular flexibility index (Phi) is 5.22. The van der Waals surface area contributed by atoms with Gasteiger partial charge in [0, 0.05) is 17.6 Å². The maximum Gasteiger partial charge on any atom is 0.277 e. The number of aryl methyl sites for hydroxylation is 2. The first-order chi connectivity index (χ1) is 13.3. The predicted octanol–water partition coefficient (Wildman–Crippen LogP) is 2.62. The Hall–Kier alpha value is -1.87. The van der Waals surface area contributed by atoms with E-state index in [4.69, 9.17) is 4.42 Å². The lowest BCUT2D eigenvalue weighted by Crippen LogP contribution is -2.43. The molecule has 28 heavy (non-hydrogen) atoms. The van der Waals surface area contributed by atoms with Crippen molar-refractivity contribution in [1.82, 2.24) is 15.1 Å². The van der Waals surface area contributed by atoms with E-state index in [0.29, 0.717) is 17.5 Å². The zero-order valence-electron chi connectivity index (χ0n) is 15.9. The molecular weight excluding hydrogens is 398 g/mol. The van der Waals surface area contributed by atoms with Gasteiger partial charge in [-0.05, 0) is 45.2 Å². The summed E-state index contributed by atoms with van der Waals surface area (Å²) in [5.41, 5.74) is 3.09. The lowest BCUT2D eigenvalue weighted by Gasteiger charge is -2.28. The Bertz CT molecular complexity index is 978. The fourth-order valence-electron chi connectivity index (χ4n) is 3.73. The molecule has 4 rings (SSSR count). The minimum Gasteiger partial charge on any atom is -0.411 e. The Morgan fingerprint density at radius 1 is 1.14 bits per heavy atom. The van der Waals surface area contributed by atoms with E-state index in [0.717, 1.165) is 29.5 Å². The monoisotopic (exact) mass is 421 g/mol. The number of carbonyl (C=O) groups excluding carboxylic acids is 1. The van der Waals surface area contributed by atoms with E-state index in [-0.39, 0.29) is 35.2 Å². The number of carbonyl (C=O) groups is 1. The molecule has 150 valence electrons. The molecule has 1 aliphatic carbocycles. The van der Waals surface area contributed by atoms with Crippen LogP contribution in [-0.4, -0.2) is 58.8 Å². The second-order valence-corrected chi connectivity index (χ2v) is 10.8. The molecule has 2 fully saturated rings. The van der Waals surface area contributed by atoms with Crippen LogP contribution in [0.5, 0.6) is 0 Å². The van der Waals surface area contributed by atoms with Gasteiger partial charge in [-0.3, -0.25) is 4.79 Å². The Labute approximate surface area is 168 Å². The van der Waals surface area contributed by atoms with Gasteiger partial charge in [0.15, 0.2) is 9.84 Å². The smallest absolute Gasteiger partial charge is 0.277 e. The van der Waals surface area contributed by atoms with E-state index in [1.807, 2.05) is 26.0 Å². The van der Waals surface area contributed by atoms with Crippen LogP contribution in [0, 0.1) is 13.8 Å². The second kappa shape index (κ2) is 7.51. The quantitative estimate of drug-likeness (QED) is 0.662. The second-order valence-electron chi connectivity index (χ2n) is 7.63. The maximum atomic E-state index is 12.8. The van der Waals surface area contributed by atoms with Crippen LogP contribution in [0.4, 0.5) is 0 Å². The van der Waals surface area contributed by atoms with Crippen molar-refractivity contribution in [2.75, 3.05) is 17.3 Å². The normalized spacial score (nSPS) is 21.0. The minimum atomic E-state index is -3.02. The van der Waals surface area contributed by atoms with Gasteiger partial charge < -0.3 is 9.32 Å². The van der Waals surface area contributed by atoms with Crippen LogP contribution in [0.2, 0.25) is 0 Å². The minimum absolute atomic E-state index is 0.0549. The summed E-state index contributed by atoms with van der Waals surface area (Å²) in [5, 5.41) is 8.48. The summed E-state index contributed by atoms with van der Waals surface area (Å²) in [6, 6.07) is 6.02. The Morgan fingerprint density at radius 3 is 2.46 bits per heavy atom. The number of thioether (sulfide) groups is 1. The first kappa shape index (κ1) is 19.4. The van der Waals surface area contributed by atoms with Gasteiger partial charge in [0.05, 0.1) is 17.3 Å². The number of rotatable bonds is 6. The average molecular weight is 422 g/mol. The molecule has 7 nitrogen and oxygen atoms in total. The number of amides is 1. The highest BCUT2D eigenvalue weighted by atomic mass is 32.2. The summed E-state index contributed by atoms with van der Waals surface area (Å²) in [4.78, 5) is 14.6. The molecule has 0 radical (unpaired) electrons. The molecule has 0 spiro atoms. The third kappa shape index (κ3) is 4.41. The van der Waals surface area contributed by atoms with Gasteiger partial charge in [0.25, 0.3) is 5.22 Å². The van der Waals surface area contributed by atoms with Crippen LogP contribution < -0.4 is 0 Å². The topological polar surface area (TPSA) is 93.4 Å². The molecule has 0 N–H and O–H groups in total. The number of aromatic nitrogens is 2. The third-order valence-corrected chi connectivity index (χ3v) is 7.58. The van der Waals surface area contributed by atoms with Crippen molar-refractivity contribution in [3.8, 4) is 11.5 Å². The predicted molar refractivity (Wildman–Crippen MR) is 107 cm³/mol. The molecule has 1 saturated carbocycles. The first-order valence-electron chi connectivity index (χ1n) is 9.37. The molecule has 2 aromatic rings. The van der Waals surface area contributed by atoms with Crippen molar-refractivity contribution in [3.63, 3.8) is 0 Å². The summed E-state index contributed by atoms with van der Waals surface area (Å²) in [5.74, 6) is 0.798. The number of hydrogen-bond acceptors (Lipinski definition) is 7. The van der Waals surface area contributed by atoms with E-state index in [9.17, 15) is 13.2 Å². The molecule has 1 aliphatic heterocycles. The van der Waals surface area contributed by atoms with Crippen molar-refractivity contribution in [3.05, 3.63) is 29.3 Å². The molecule has 0 unspecified atom stereocenters. The Morgan fingerprint density at radius 2 is 1.86 bits per heavy atom. The van der Waals surface area contributed by atoms with Crippen LogP contribution in [0.1, 0.15) is 30.4 Å². The first-order valence-corrected chi connectivity index (χ1v) is 12.2. The number of hydrogen-bond donors (Lipinski definition) is 0. The fraction of sp³-hybridized carbons (Fsp3) is 0.526. The molecule has 2 aliphatic rings. The van der Waals surface area contributed by atoms with Crippen LogP contribution >= 0.6 is 11.8 Å². The zero-order valence-corrected chi connectivity index (χ0v) is 17.6. The summed E-state index contributed by atoms with van der Waals surface area (Å²) in [6.45, 7) is 4.02. The molecule has 1 atom stereocenters. The maximum absolute atomic E-state index is 12.8. The SMILES string of the molecule is Cc1cc(C)cc(-c2nnc(SCC(=O)N(C3CC3)[C@H]3CCS(=O)(=O)C3)o2)c1. The van der Waals surface area contributed by atoms with Gasteiger partial charge in [-0.2, -0.15) is 0 Å². The van der Waals surface area contributed by atoms with Gasteiger partial charge in [-0.1, -0.05) is 29.0 Å². The lowest BCUT2D eigenvalue weighted by atomic mass is 10.1. The van der Waals surface area contributed by atoms with E-state index < -0.39 is 9.84 Å². The van der Waals surface area contributed by atoms with Crippen LogP contribution in [0.3, 0.4) is 0 Å². The number of benzene rings is 1. The van der Waals surface area contributed by atoms with Crippen molar-refractivity contribution in [2.24, 2.45) is 0 Å². The summed E-state index contributed by atoms with van der Waals surface area (Å²) >= 11 is 1.20. The van der Waals surface area contributed by atoms with E-state index >= 15 is 0 Å². The van der Waals surface area contributed by atoms with Crippen LogP contribution in [-0.2, 0) is 14.6 Å². The lowest BCUT2D eigenvalue weighted by molar-refractivity contribution is -0.130. The Balaban J connectivity index is 1.41. The van der Waals surface area contributed by atoms with Gasteiger partial charge in [0.2, 0.25) is 11.8 Å². The average Bonchev–Trinajstić information content (AvgIpc) is 3.21. The van der Waals surface area contributed by atoms with Gasteiger partial charge in [-0.25, -0.2) is 8.42 Å². The number of nitrogens with zero attached hydrogens (tertiary/aromatic N) is 3. The third-order valence-electron chi connectivity index (χ3n) is 5.02. The summed E-state index contributed by atoms with van der Waals surface area (Å²) in [7, 11) is -3.02. The molecule has 1 saturated heterocycles. The number of sulfone groups is 1. The molecule has 0 bridgehead atoms. The molecule has 1 aromatic heterocycles. The highest BCUT2D eigenvalue weighted by Crippen LogP contribution is 2.33. The molecule has 2 heterocycles. The van der Waals surface area contributed by atoms with Gasteiger partial charge >= 0.3 is 0 Å². The molecular formula is C19H23N3O4S2. The van der Waals surface area contributed by atoms with Crippen molar-refractivity contribution < 1.29 is 17.6 Å². The highest BCUT2D eigenvalue weighted by molar-refractivity contribution is 7.99. The van der Waals surface area contributed by atoms with Gasteiger partial charge in [0.1, 0.15) is 0 Å².